The van der Waals surface area contributed by atoms with Gasteiger partial charge in [-0.3, -0.25) is 9.78 Å². The van der Waals surface area contributed by atoms with Gasteiger partial charge in [-0.15, -0.1) is 0 Å². The lowest BCUT2D eigenvalue weighted by Gasteiger charge is -2.42. The topological polar surface area (TPSA) is 71.8 Å². The van der Waals surface area contributed by atoms with E-state index in [0.29, 0.717) is 0 Å². The van der Waals surface area contributed by atoms with Crippen LogP contribution in [0.1, 0.15) is 41.6 Å². The van der Waals surface area contributed by atoms with Crippen molar-refractivity contribution in [2.45, 2.75) is 43.9 Å². The highest BCUT2D eigenvalue weighted by molar-refractivity contribution is 5.41. The quantitative estimate of drug-likeness (QED) is 0.777. The van der Waals surface area contributed by atoms with E-state index in [1.165, 1.54) is 24.0 Å². The molecule has 108 valence electrons. The highest BCUT2D eigenvalue weighted by Gasteiger charge is 2.40. The number of benzene rings is 1. The maximum atomic E-state index is 12.0. The van der Waals surface area contributed by atoms with Crippen molar-refractivity contribution in [2.75, 3.05) is 5.73 Å². The number of H-pyrrole nitrogens is 1. The van der Waals surface area contributed by atoms with Gasteiger partial charge in [0.15, 0.2) is 0 Å². The smallest absolute Gasteiger partial charge is 0.255 e. The Morgan fingerprint density at radius 3 is 2.95 bits per heavy atom. The summed E-state index contributed by atoms with van der Waals surface area (Å²) in [5.41, 5.74) is 10.5. The van der Waals surface area contributed by atoms with E-state index >= 15 is 0 Å². The first kappa shape index (κ1) is 12.6. The van der Waals surface area contributed by atoms with Crippen LogP contribution in [0.5, 0.6) is 0 Å². The number of aromatic amines is 1. The van der Waals surface area contributed by atoms with Crippen LogP contribution in [0.25, 0.3) is 0 Å². The largest absolute Gasteiger partial charge is 0.369 e. The summed E-state index contributed by atoms with van der Waals surface area (Å²) >= 11 is 0. The number of hydrogen-bond acceptors (Lipinski definition) is 3. The zero-order valence-corrected chi connectivity index (χ0v) is 12.0. The number of anilines is 1. The molecule has 1 heterocycles. The molecule has 0 amide bonds. The molecule has 1 aromatic heterocycles. The van der Waals surface area contributed by atoms with Crippen molar-refractivity contribution in [1.82, 2.24) is 9.97 Å². The predicted octanol–water partition coefficient (Wildman–Crippen LogP) is 2.12. The van der Waals surface area contributed by atoms with E-state index < -0.39 is 0 Å². The first-order valence-electron chi connectivity index (χ1n) is 7.64. The average molecular weight is 281 g/mol. The van der Waals surface area contributed by atoms with Gasteiger partial charge < -0.3 is 5.73 Å². The Morgan fingerprint density at radius 2 is 2.05 bits per heavy atom. The van der Waals surface area contributed by atoms with Crippen molar-refractivity contribution in [3.63, 3.8) is 0 Å². The van der Waals surface area contributed by atoms with Gasteiger partial charge in [0.2, 0.25) is 5.95 Å². The molecule has 0 fully saturated rings. The molecule has 1 atom stereocenters. The lowest BCUT2D eigenvalue weighted by Crippen LogP contribution is -2.39. The molecule has 0 radical (unpaired) electrons. The number of nitrogens with zero attached hydrogens (tertiary/aromatic N) is 1. The van der Waals surface area contributed by atoms with Crippen molar-refractivity contribution >= 4 is 5.95 Å². The molecule has 3 N–H and O–H groups in total. The summed E-state index contributed by atoms with van der Waals surface area (Å²) in [6, 6.07) is 8.75. The second kappa shape index (κ2) is 4.45. The van der Waals surface area contributed by atoms with E-state index in [9.17, 15) is 4.79 Å². The molecule has 0 saturated heterocycles. The molecule has 4 rings (SSSR count). The Morgan fingerprint density at radius 1 is 1.19 bits per heavy atom. The normalized spacial score (nSPS) is 23.6. The van der Waals surface area contributed by atoms with Gasteiger partial charge in [0.1, 0.15) is 0 Å². The minimum absolute atomic E-state index is 0.0588. The standard InChI is InChI=1S/C17H19N3O/c18-16-19-14-10-17(9-7-12(14)15(21)20-16)8-3-5-11-4-1-2-6-13(11)17/h1-2,4,6H,3,5,7-10H2,(H3,18,19,20,21). The molecule has 1 unspecified atom stereocenters. The number of nitrogens with two attached hydrogens (primary N) is 1. The zero-order chi connectivity index (χ0) is 14.4. The van der Waals surface area contributed by atoms with Crippen molar-refractivity contribution < 1.29 is 0 Å². The molecule has 0 bridgehead atoms. The maximum Gasteiger partial charge on any atom is 0.255 e. The van der Waals surface area contributed by atoms with E-state index in [-0.39, 0.29) is 16.9 Å². The monoisotopic (exact) mass is 281 g/mol. The van der Waals surface area contributed by atoms with Crippen LogP contribution in [-0.4, -0.2) is 9.97 Å². The number of fused-ring (bicyclic) bond motifs is 3. The van der Waals surface area contributed by atoms with Gasteiger partial charge >= 0.3 is 0 Å². The summed E-state index contributed by atoms with van der Waals surface area (Å²) in [6.45, 7) is 0. The summed E-state index contributed by atoms with van der Waals surface area (Å²) in [5, 5.41) is 0. The molecule has 0 aliphatic heterocycles. The third kappa shape index (κ3) is 1.89. The molecule has 2 aliphatic rings. The number of nitrogens with one attached hydrogen (secondary N) is 1. The fourth-order valence-electron chi connectivity index (χ4n) is 4.19. The number of aromatic nitrogens is 2. The van der Waals surface area contributed by atoms with E-state index in [4.69, 9.17) is 5.73 Å². The maximum absolute atomic E-state index is 12.0. The molecule has 4 heteroatoms. The van der Waals surface area contributed by atoms with Gasteiger partial charge in [-0.25, -0.2) is 4.98 Å². The predicted molar refractivity (Wildman–Crippen MR) is 82.4 cm³/mol. The van der Waals surface area contributed by atoms with Crippen LogP contribution in [-0.2, 0) is 24.7 Å². The second-order valence-corrected chi connectivity index (χ2v) is 6.34. The van der Waals surface area contributed by atoms with Crippen molar-refractivity contribution in [3.8, 4) is 0 Å². The molecule has 1 aromatic carbocycles. The minimum Gasteiger partial charge on any atom is -0.369 e. The summed E-state index contributed by atoms with van der Waals surface area (Å²) in [5.74, 6) is 0.236. The molecule has 2 aliphatic carbocycles. The molecule has 0 saturated carbocycles. The average Bonchev–Trinajstić information content (AvgIpc) is 2.47. The molecule has 4 nitrogen and oxygen atoms in total. The van der Waals surface area contributed by atoms with Gasteiger partial charge in [0, 0.05) is 11.0 Å². The van der Waals surface area contributed by atoms with E-state index in [1.807, 2.05) is 0 Å². The van der Waals surface area contributed by atoms with Gasteiger partial charge in [-0.2, -0.15) is 0 Å². The lowest BCUT2D eigenvalue weighted by atomic mass is 9.62. The van der Waals surface area contributed by atoms with Gasteiger partial charge in [0.25, 0.3) is 5.56 Å². The Bertz CT molecular complexity index is 765. The number of aryl methyl sites for hydroxylation is 1. The first-order valence-corrected chi connectivity index (χ1v) is 7.64. The van der Waals surface area contributed by atoms with Gasteiger partial charge in [0.05, 0.1) is 5.69 Å². The van der Waals surface area contributed by atoms with E-state index in [1.54, 1.807) is 0 Å². The fraction of sp³-hybridized carbons (Fsp3) is 0.412. The summed E-state index contributed by atoms with van der Waals surface area (Å²) in [7, 11) is 0. The third-order valence-electron chi connectivity index (χ3n) is 5.17. The second-order valence-electron chi connectivity index (χ2n) is 6.34. The molecule has 21 heavy (non-hydrogen) atoms. The van der Waals surface area contributed by atoms with Gasteiger partial charge in [-0.1, -0.05) is 24.3 Å². The van der Waals surface area contributed by atoms with Crippen molar-refractivity contribution in [3.05, 3.63) is 57.0 Å². The third-order valence-corrected chi connectivity index (χ3v) is 5.17. The SMILES string of the molecule is Nc1nc2c(c(=O)[nH]1)CCC1(CCCc3ccccc31)C2. The molecule has 1 spiro atoms. The summed E-state index contributed by atoms with van der Waals surface area (Å²) in [4.78, 5) is 19.1. The number of hydrogen-bond donors (Lipinski definition) is 2. The molecule has 2 aromatic rings. The van der Waals surface area contributed by atoms with E-state index in [0.717, 1.165) is 36.9 Å². The molecular formula is C17H19N3O. The van der Waals surface area contributed by atoms with Crippen LogP contribution in [0.2, 0.25) is 0 Å². The van der Waals surface area contributed by atoms with Crippen LogP contribution < -0.4 is 11.3 Å². The molecular weight excluding hydrogens is 262 g/mol. The Kier molecular flexibility index (Phi) is 2.67. The van der Waals surface area contributed by atoms with Crippen LogP contribution in [0, 0.1) is 0 Å². The van der Waals surface area contributed by atoms with E-state index in [2.05, 4.69) is 34.2 Å². The Labute approximate surface area is 123 Å². The lowest BCUT2D eigenvalue weighted by molar-refractivity contribution is 0.312. The highest BCUT2D eigenvalue weighted by atomic mass is 16.1. The summed E-state index contributed by atoms with van der Waals surface area (Å²) in [6.07, 6.45) is 6.23. The zero-order valence-electron chi connectivity index (χ0n) is 12.0. The Hall–Kier alpha value is -2.10. The highest BCUT2D eigenvalue weighted by Crippen LogP contribution is 2.45. The number of nitrogen functional groups attached to an aromatic ring is 1. The van der Waals surface area contributed by atoms with Crippen LogP contribution >= 0.6 is 0 Å². The van der Waals surface area contributed by atoms with Crippen molar-refractivity contribution in [2.24, 2.45) is 0 Å². The minimum atomic E-state index is -0.0588. The van der Waals surface area contributed by atoms with Crippen molar-refractivity contribution in [1.29, 1.82) is 0 Å². The summed E-state index contributed by atoms with van der Waals surface area (Å²) < 4.78 is 0. The van der Waals surface area contributed by atoms with Crippen LogP contribution in [0.15, 0.2) is 29.1 Å². The van der Waals surface area contributed by atoms with Crippen LogP contribution in [0.4, 0.5) is 5.95 Å². The first-order chi connectivity index (χ1) is 10.2. The Balaban J connectivity index is 1.84. The fourth-order valence-corrected chi connectivity index (χ4v) is 4.19. The van der Waals surface area contributed by atoms with Crippen LogP contribution in [0.3, 0.4) is 0 Å². The van der Waals surface area contributed by atoms with Gasteiger partial charge in [-0.05, 0) is 49.7 Å². The number of rotatable bonds is 0.